The Morgan fingerprint density at radius 3 is 2.69 bits per heavy atom. The highest BCUT2D eigenvalue weighted by atomic mass is 15.6. The molecule has 1 aliphatic heterocycles. The molecule has 0 bridgehead atoms. The van der Waals surface area contributed by atoms with Crippen LogP contribution >= 0.6 is 0 Å². The third kappa shape index (κ3) is 2.61. The average Bonchev–Trinajstić information content (AvgIpc) is 2.46. The number of unbranched alkanes of at least 4 members (excludes halogenated alkanes) is 1. The van der Waals surface area contributed by atoms with Gasteiger partial charge in [-0.2, -0.15) is 5.10 Å². The zero-order valence-electron chi connectivity index (χ0n) is 9.03. The van der Waals surface area contributed by atoms with Gasteiger partial charge in [-0.1, -0.05) is 26.7 Å². The van der Waals surface area contributed by atoms with E-state index in [4.69, 9.17) is 0 Å². The first-order chi connectivity index (χ1) is 6.29. The third-order valence-electron chi connectivity index (χ3n) is 2.51. The summed E-state index contributed by atoms with van der Waals surface area (Å²) in [5.74, 6) is 0. The van der Waals surface area contributed by atoms with Crippen molar-refractivity contribution >= 4 is 6.34 Å². The maximum absolute atomic E-state index is 4.30. The predicted octanol–water partition coefficient (Wildman–Crippen LogP) is 2.10. The minimum Gasteiger partial charge on any atom is -0.339 e. The molecule has 3 nitrogen and oxygen atoms in total. The van der Waals surface area contributed by atoms with E-state index in [0.717, 1.165) is 6.54 Å². The largest absolute Gasteiger partial charge is 0.339 e. The van der Waals surface area contributed by atoms with Crippen molar-refractivity contribution in [3.8, 4) is 0 Å². The van der Waals surface area contributed by atoms with Gasteiger partial charge in [0.05, 0.1) is 0 Å². The van der Waals surface area contributed by atoms with Gasteiger partial charge in [0.2, 0.25) is 0 Å². The SMILES string of the molecule is CCCCN1C=NN(C)C1CCC. The predicted molar refractivity (Wildman–Crippen MR) is 56.6 cm³/mol. The van der Waals surface area contributed by atoms with Gasteiger partial charge in [-0.3, -0.25) is 5.01 Å². The van der Waals surface area contributed by atoms with Crippen LogP contribution in [0.2, 0.25) is 0 Å². The Hall–Kier alpha value is -0.730. The van der Waals surface area contributed by atoms with E-state index in [1.54, 1.807) is 0 Å². The molecule has 0 aromatic heterocycles. The minimum atomic E-state index is 0.511. The quantitative estimate of drug-likeness (QED) is 0.650. The Kier molecular flexibility index (Phi) is 4.06. The molecule has 1 rings (SSSR count). The fourth-order valence-corrected chi connectivity index (χ4v) is 1.67. The second-order valence-electron chi connectivity index (χ2n) is 3.67. The Labute approximate surface area is 81.4 Å². The van der Waals surface area contributed by atoms with Crippen molar-refractivity contribution in [3.05, 3.63) is 0 Å². The fourth-order valence-electron chi connectivity index (χ4n) is 1.67. The van der Waals surface area contributed by atoms with Gasteiger partial charge < -0.3 is 4.90 Å². The molecule has 0 saturated carbocycles. The highest BCUT2D eigenvalue weighted by Crippen LogP contribution is 2.15. The summed E-state index contributed by atoms with van der Waals surface area (Å²) in [5.41, 5.74) is 0. The molecular formula is C10H21N3. The molecule has 13 heavy (non-hydrogen) atoms. The summed E-state index contributed by atoms with van der Waals surface area (Å²) in [5, 5.41) is 6.37. The Morgan fingerprint density at radius 2 is 2.08 bits per heavy atom. The van der Waals surface area contributed by atoms with Crippen LogP contribution in [-0.4, -0.2) is 36.0 Å². The van der Waals surface area contributed by atoms with Gasteiger partial charge in [0.1, 0.15) is 12.5 Å². The van der Waals surface area contributed by atoms with E-state index in [1.165, 1.54) is 25.7 Å². The molecule has 3 heteroatoms. The molecule has 0 spiro atoms. The van der Waals surface area contributed by atoms with Crippen LogP contribution in [0.25, 0.3) is 0 Å². The van der Waals surface area contributed by atoms with E-state index >= 15 is 0 Å². The van der Waals surface area contributed by atoms with Crippen LogP contribution in [0.3, 0.4) is 0 Å². The Morgan fingerprint density at radius 1 is 1.31 bits per heavy atom. The lowest BCUT2D eigenvalue weighted by molar-refractivity contribution is 0.149. The third-order valence-corrected chi connectivity index (χ3v) is 2.51. The van der Waals surface area contributed by atoms with Gasteiger partial charge in [-0.25, -0.2) is 0 Å². The summed E-state index contributed by atoms with van der Waals surface area (Å²) in [6, 6.07) is 0. The minimum absolute atomic E-state index is 0.511. The van der Waals surface area contributed by atoms with E-state index < -0.39 is 0 Å². The molecule has 0 aliphatic carbocycles. The first-order valence-electron chi connectivity index (χ1n) is 5.32. The fraction of sp³-hybridized carbons (Fsp3) is 0.900. The van der Waals surface area contributed by atoms with E-state index in [-0.39, 0.29) is 0 Å². The lowest BCUT2D eigenvalue weighted by atomic mass is 10.2. The second kappa shape index (κ2) is 5.10. The van der Waals surface area contributed by atoms with Gasteiger partial charge in [0.15, 0.2) is 0 Å². The molecule has 0 saturated heterocycles. The van der Waals surface area contributed by atoms with Crippen LogP contribution < -0.4 is 0 Å². The maximum atomic E-state index is 4.30. The summed E-state index contributed by atoms with van der Waals surface area (Å²) >= 11 is 0. The van der Waals surface area contributed by atoms with E-state index in [9.17, 15) is 0 Å². The number of hydrazone groups is 1. The topological polar surface area (TPSA) is 18.8 Å². The van der Waals surface area contributed by atoms with Crippen LogP contribution in [0, 0.1) is 0 Å². The van der Waals surface area contributed by atoms with Crippen molar-refractivity contribution in [1.82, 2.24) is 9.91 Å². The van der Waals surface area contributed by atoms with Crippen molar-refractivity contribution in [3.63, 3.8) is 0 Å². The molecule has 0 radical (unpaired) electrons. The summed E-state index contributed by atoms with van der Waals surface area (Å²) in [6.45, 7) is 5.60. The monoisotopic (exact) mass is 183 g/mol. The molecule has 76 valence electrons. The number of rotatable bonds is 5. The second-order valence-corrected chi connectivity index (χ2v) is 3.67. The van der Waals surface area contributed by atoms with Crippen molar-refractivity contribution < 1.29 is 0 Å². The van der Waals surface area contributed by atoms with Gasteiger partial charge in [-0.15, -0.1) is 0 Å². The molecule has 0 aromatic carbocycles. The van der Waals surface area contributed by atoms with Crippen LogP contribution in [0.5, 0.6) is 0 Å². The first kappa shape index (κ1) is 10.4. The van der Waals surface area contributed by atoms with Crippen LogP contribution in [0.1, 0.15) is 39.5 Å². The summed E-state index contributed by atoms with van der Waals surface area (Å²) in [4.78, 5) is 2.35. The van der Waals surface area contributed by atoms with Gasteiger partial charge in [-0.05, 0) is 12.8 Å². The highest BCUT2D eigenvalue weighted by molar-refractivity contribution is 5.56. The maximum Gasteiger partial charge on any atom is 0.118 e. The van der Waals surface area contributed by atoms with Crippen LogP contribution in [0.15, 0.2) is 5.10 Å². The standard InChI is InChI=1S/C10H21N3/c1-4-6-8-13-9-11-12(3)10(13)7-5-2/h9-10H,4-8H2,1-3H3. The van der Waals surface area contributed by atoms with Gasteiger partial charge in [0.25, 0.3) is 0 Å². The molecule has 1 heterocycles. The summed E-state index contributed by atoms with van der Waals surface area (Å²) in [6.07, 6.45) is 7.45. The van der Waals surface area contributed by atoms with E-state index in [1.807, 2.05) is 6.34 Å². The van der Waals surface area contributed by atoms with Crippen LogP contribution in [0.4, 0.5) is 0 Å². The lowest BCUT2D eigenvalue weighted by Gasteiger charge is -2.27. The lowest BCUT2D eigenvalue weighted by Crippen LogP contribution is -2.38. The molecule has 0 amide bonds. The smallest absolute Gasteiger partial charge is 0.118 e. The van der Waals surface area contributed by atoms with E-state index in [2.05, 4.69) is 35.9 Å². The molecular weight excluding hydrogens is 162 g/mol. The van der Waals surface area contributed by atoms with Gasteiger partial charge in [0, 0.05) is 13.6 Å². The molecule has 1 unspecified atom stereocenters. The molecule has 0 fully saturated rings. The normalized spacial score (nSPS) is 21.6. The first-order valence-corrected chi connectivity index (χ1v) is 5.32. The Bertz CT molecular complexity index is 168. The zero-order chi connectivity index (χ0) is 9.68. The van der Waals surface area contributed by atoms with E-state index in [0.29, 0.717) is 6.17 Å². The van der Waals surface area contributed by atoms with Crippen molar-refractivity contribution in [2.24, 2.45) is 5.10 Å². The number of hydrogen-bond acceptors (Lipinski definition) is 3. The Balaban J connectivity index is 2.38. The molecule has 1 atom stereocenters. The molecule has 1 aliphatic rings. The van der Waals surface area contributed by atoms with Gasteiger partial charge >= 0.3 is 0 Å². The average molecular weight is 183 g/mol. The van der Waals surface area contributed by atoms with Crippen molar-refractivity contribution in [2.45, 2.75) is 45.7 Å². The molecule has 0 N–H and O–H groups in total. The van der Waals surface area contributed by atoms with Crippen molar-refractivity contribution in [2.75, 3.05) is 13.6 Å². The van der Waals surface area contributed by atoms with Crippen LogP contribution in [-0.2, 0) is 0 Å². The van der Waals surface area contributed by atoms with Crippen molar-refractivity contribution in [1.29, 1.82) is 0 Å². The summed E-state index contributed by atoms with van der Waals surface area (Å²) in [7, 11) is 2.06. The zero-order valence-corrected chi connectivity index (χ0v) is 9.03. The number of nitrogens with zero attached hydrogens (tertiary/aromatic N) is 3. The molecule has 0 aromatic rings. The number of hydrogen-bond donors (Lipinski definition) is 0. The summed E-state index contributed by atoms with van der Waals surface area (Å²) < 4.78 is 0. The highest BCUT2D eigenvalue weighted by Gasteiger charge is 2.22.